The average molecular weight is 190 g/mol. The fraction of sp³-hybridized carbons (Fsp3) is 0.583. The minimum absolute atomic E-state index is 0.117. The summed E-state index contributed by atoms with van der Waals surface area (Å²) in [5, 5.41) is 0. The lowest BCUT2D eigenvalue weighted by Crippen LogP contribution is -2.34. The third-order valence-corrected chi connectivity index (χ3v) is 2.90. The van der Waals surface area contributed by atoms with E-state index < -0.39 is 0 Å². The smallest absolute Gasteiger partial charge is 0.0983 e. The molecule has 1 rings (SSSR count). The zero-order chi connectivity index (χ0) is 10.6. The molecule has 0 N–H and O–H groups in total. The summed E-state index contributed by atoms with van der Waals surface area (Å²) in [5.74, 6) is 0.470. The van der Waals surface area contributed by atoms with Crippen LogP contribution in [0, 0.1) is 5.92 Å². The molecule has 76 valence electrons. The summed E-state index contributed by atoms with van der Waals surface area (Å²) >= 11 is 0. The predicted octanol–water partition coefficient (Wildman–Crippen LogP) is 3.09. The van der Waals surface area contributed by atoms with Gasteiger partial charge in [-0.15, -0.1) is 0 Å². The number of nitrogens with zero attached hydrogens (tertiary/aromatic N) is 2. The Morgan fingerprint density at radius 1 is 1.50 bits per heavy atom. The van der Waals surface area contributed by atoms with E-state index in [0.29, 0.717) is 5.92 Å². The number of allylic oxidation sites excluding steroid dienone is 2. The first-order valence-electron chi connectivity index (χ1n) is 5.03. The Bertz CT molecular complexity index is 317. The van der Waals surface area contributed by atoms with Crippen LogP contribution >= 0.6 is 0 Å². The molecular formula is C12H18N2. The molecule has 2 nitrogen and oxygen atoms in total. The summed E-state index contributed by atoms with van der Waals surface area (Å²) in [4.78, 5) is 8.30. The second kappa shape index (κ2) is 4.39. The van der Waals surface area contributed by atoms with E-state index in [9.17, 15) is 0 Å². The first kappa shape index (κ1) is 10.9. The molecule has 0 spiro atoms. The highest BCUT2D eigenvalue weighted by molar-refractivity contribution is 5.45. The molecule has 0 saturated carbocycles. The molecule has 0 radical (unpaired) electrons. The van der Waals surface area contributed by atoms with Gasteiger partial charge in [-0.25, -0.2) is 9.98 Å². The molecule has 0 amide bonds. The normalized spacial score (nSPS) is 25.6. The first-order chi connectivity index (χ1) is 6.63. The van der Waals surface area contributed by atoms with E-state index in [1.807, 2.05) is 0 Å². The van der Waals surface area contributed by atoms with Crippen molar-refractivity contribution in [3.05, 3.63) is 23.8 Å². The lowest BCUT2D eigenvalue weighted by molar-refractivity contribution is 0.368. The van der Waals surface area contributed by atoms with E-state index in [0.717, 1.165) is 6.42 Å². The van der Waals surface area contributed by atoms with Crippen molar-refractivity contribution in [3.63, 3.8) is 0 Å². The molecule has 2 heteroatoms. The maximum absolute atomic E-state index is 4.48. The minimum atomic E-state index is -0.117. The van der Waals surface area contributed by atoms with E-state index in [1.54, 1.807) is 7.05 Å². The van der Waals surface area contributed by atoms with Gasteiger partial charge in [0.25, 0.3) is 0 Å². The van der Waals surface area contributed by atoms with Gasteiger partial charge in [0.1, 0.15) is 0 Å². The Hall–Kier alpha value is -1.14. The topological polar surface area (TPSA) is 24.7 Å². The van der Waals surface area contributed by atoms with Crippen LogP contribution < -0.4 is 0 Å². The third-order valence-electron chi connectivity index (χ3n) is 2.90. The number of rotatable bonds is 2. The highest BCUT2D eigenvalue weighted by atomic mass is 14.9. The van der Waals surface area contributed by atoms with Gasteiger partial charge in [0, 0.05) is 7.05 Å². The number of hydrogen-bond donors (Lipinski definition) is 0. The molecule has 14 heavy (non-hydrogen) atoms. The van der Waals surface area contributed by atoms with Crippen LogP contribution in [-0.4, -0.2) is 18.6 Å². The van der Waals surface area contributed by atoms with E-state index in [-0.39, 0.29) is 5.54 Å². The molecule has 0 aromatic carbocycles. The van der Waals surface area contributed by atoms with Crippen molar-refractivity contribution in [2.75, 3.05) is 7.05 Å². The summed E-state index contributed by atoms with van der Waals surface area (Å²) in [5.41, 5.74) is 1.18. The molecule has 1 aliphatic carbocycles. The lowest BCUT2D eigenvalue weighted by Gasteiger charge is -2.34. The van der Waals surface area contributed by atoms with Crippen molar-refractivity contribution in [3.8, 4) is 0 Å². The highest BCUT2D eigenvalue weighted by Gasteiger charge is 2.34. The summed E-state index contributed by atoms with van der Waals surface area (Å²) in [6, 6.07) is 2.75. The van der Waals surface area contributed by atoms with E-state index >= 15 is 0 Å². The lowest BCUT2D eigenvalue weighted by atomic mass is 9.76. The molecule has 0 aromatic rings. The minimum Gasteiger partial charge on any atom is -0.229 e. The standard InChI is InChI=1S/C12H18N2/c1-10(2)12(14-9-13-4)8-6-5-7-11(12)3/h5-7,10H,8H2,1-4H3. The zero-order valence-electron chi connectivity index (χ0n) is 9.41. The Morgan fingerprint density at radius 2 is 2.21 bits per heavy atom. The summed E-state index contributed by atoms with van der Waals surface area (Å²) in [6.07, 6.45) is 7.34. The van der Waals surface area contributed by atoms with Gasteiger partial charge in [-0.1, -0.05) is 32.1 Å². The van der Waals surface area contributed by atoms with E-state index in [1.165, 1.54) is 5.57 Å². The number of aliphatic imine (C=N–C) groups is 2. The van der Waals surface area contributed by atoms with Gasteiger partial charge >= 0.3 is 0 Å². The van der Waals surface area contributed by atoms with Gasteiger partial charge in [-0.05, 0) is 24.8 Å². The molecule has 1 atom stereocenters. The average Bonchev–Trinajstić information content (AvgIpc) is 2.16. The van der Waals surface area contributed by atoms with Gasteiger partial charge in [0.2, 0.25) is 0 Å². The third kappa shape index (κ3) is 1.85. The van der Waals surface area contributed by atoms with Crippen LogP contribution in [0.4, 0.5) is 0 Å². The fourth-order valence-corrected chi connectivity index (χ4v) is 1.86. The maximum atomic E-state index is 4.48. The van der Waals surface area contributed by atoms with Crippen LogP contribution in [0.1, 0.15) is 27.2 Å². The van der Waals surface area contributed by atoms with Gasteiger partial charge in [-0.2, -0.15) is 0 Å². The summed E-state index contributed by atoms with van der Waals surface area (Å²) in [6.45, 7) is 6.51. The summed E-state index contributed by atoms with van der Waals surface area (Å²) < 4.78 is 0. The largest absolute Gasteiger partial charge is 0.229 e. The van der Waals surface area contributed by atoms with Crippen LogP contribution in [0.2, 0.25) is 0 Å². The second-order valence-electron chi connectivity index (χ2n) is 4.00. The van der Waals surface area contributed by atoms with Gasteiger partial charge in [0.05, 0.1) is 11.5 Å². The SMILES string of the molecule is CN=C=NC1(C(C)C)CC=CC=C1C. The molecule has 0 bridgehead atoms. The van der Waals surface area contributed by atoms with Crippen molar-refractivity contribution in [2.45, 2.75) is 32.7 Å². The van der Waals surface area contributed by atoms with Crippen LogP contribution in [-0.2, 0) is 0 Å². The monoisotopic (exact) mass is 190 g/mol. The van der Waals surface area contributed by atoms with Crippen LogP contribution in [0.3, 0.4) is 0 Å². The molecule has 0 saturated heterocycles. The first-order valence-corrected chi connectivity index (χ1v) is 5.03. The van der Waals surface area contributed by atoms with E-state index in [4.69, 9.17) is 0 Å². The van der Waals surface area contributed by atoms with Crippen LogP contribution in [0.25, 0.3) is 0 Å². The number of hydrogen-bond acceptors (Lipinski definition) is 2. The maximum Gasteiger partial charge on any atom is 0.0983 e. The van der Waals surface area contributed by atoms with E-state index in [2.05, 4.69) is 55.0 Å². The van der Waals surface area contributed by atoms with Crippen molar-refractivity contribution in [1.29, 1.82) is 0 Å². The quantitative estimate of drug-likeness (QED) is 0.598. The van der Waals surface area contributed by atoms with Crippen LogP contribution in [0.15, 0.2) is 33.8 Å². The molecule has 0 fully saturated rings. The molecule has 0 aliphatic heterocycles. The van der Waals surface area contributed by atoms with Crippen molar-refractivity contribution in [2.24, 2.45) is 15.9 Å². The van der Waals surface area contributed by atoms with Gasteiger partial charge < -0.3 is 0 Å². The van der Waals surface area contributed by atoms with Crippen molar-refractivity contribution >= 4 is 6.01 Å². The van der Waals surface area contributed by atoms with Gasteiger partial charge in [-0.3, -0.25) is 0 Å². The molecule has 1 aliphatic rings. The predicted molar refractivity (Wildman–Crippen MR) is 60.9 cm³/mol. The molecule has 1 unspecified atom stereocenters. The highest BCUT2D eigenvalue weighted by Crippen LogP contribution is 2.36. The van der Waals surface area contributed by atoms with Gasteiger partial charge in [0.15, 0.2) is 0 Å². The zero-order valence-corrected chi connectivity index (χ0v) is 9.41. The molecular weight excluding hydrogens is 172 g/mol. The second-order valence-corrected chi connectivity index (χ2v) is 4.00. The Balaban J connectivity index is 3.12. The summed E-state index contributed by atoms with van der Waals surface area (Å²) in [7, 11) is 1.70. The molecule has 0 heterocycles. The molecule has 0 aromatic heterocycles. The Labute approximate surface area is 86.2 Å². The Kier molecular flexibility index (Phi) is 3.43. The van der Waals surface area contributed by atoms with Crippen LogP contribution in [0.5, 0.6) is 0 Å². The Morgan fingerprint density at radius 3 is 2.71 bits per heavy atom. The van der Waals surface area contributed by atoms with Crippen molar-refractivity contribution in [1.82, 2.24) is 0 Å². The fourth-order valence-electron chi connectivity index (χ4n) is 1.86. The van der Waals surface area contributed by atoms with Crippen molar-refractivity contribution < 1.29 is 0 Å².